The van der Waals surface area contributed by atoms with E-state index in [-0.39, 0.29) is 0 Å². The van der Waals surface area contributed by atoms with Crippen LogP contribution < -0.4 is 0 Å². The lowest BCUT2D eigenvalue weighted by Gasteiger charge is -2.18. The van der Waals surface area contributed by atoms with Crippen LogP contribution in [0.4, 0.5) is 0 Å². The third kappa shape index (κ3) is 4.00. The van der Waals surface area contributed by atoms with E-state index in [9.17, 15) is 0 Å². The Hall–Kier alpha value is -6.38. The zero-order chi connectivity index (χ0) is 31.6. The van der Waals surface area contributed by atoms with E-state index in [0.29, 0.717) is 0 Å². The van der Waals surface area contributed by atoms with Crippen LogP contribution >= 0.6 is 0 Å². The van der Waals surface area contributed by atoms with Crippen LogP contribution in [0.2, 0.25) is 0 Å². The van der Waals surface area contributed by atoms with E-state index in [1.54, 1.807) is 0 Å². The first-order valence-electron chi connectivity index (χ1n) is 16.5. The maximum absolute atomic E-state index is 2.42. The van der Waals surface area contributed by atoms with Crippen molar-refractivity contribution >= 4 is 54.3 Å². The van der Waals surface area contributed by atoms with Crippen LogP contribution in [-0.2, 0) is 0 Å². The summed E-state index contributed by atoms with van der Waals surface area (Å²) in [6, 6.07) is 64.0. The molecule has 0 aliphatic rings. The average Bonchev–Trinajstić information content (AvgIpc) is 3.72. The van der Waals surface area contributed by atoms with Crippen LogP contribution in [0.15, 0.2) is 182 Å². The molecule has 0 atom stereocenters. The summed E-state index contributed by atoms with van der Waals surface area (Å²) in [4.78, 5) is 0. The van der Waals surface area contributed by atoms with Gasteiger partial charge >= 0.3 is 0 Å². The van der Waals surface area contributed by atoms with Crippen molar-refractivity contribution in [3.05, 3.63) is 182 Å². The molecule has 0 bridgehead atoms. The topological polar surface area (TPSA) is 9.86 Å². The fourth-order valence-electron chi connectivity index (χ4n) is 7.82. The molecule has 0 aliphatic carbocycles. The Morgan fingerprint density at radius 2 is 0.833 bits per heavy atom. The van der Waals surface area contributed by atoms with E-state index >= 15 is 0 Å². The van der Waals surface area contributed by atoms with Gasteiger partial charge in [-0.25, -0.2) is 0 Å². The number of para-hydroxylation sites is 2. The van der Waals surface area contributed by atoms with Gasteiger partial charge < -0.3 is 9.13 Å². The summed E-state index contributed by atoms with van der Waals surface area (Å²) in [5.74, 6) is 0. The highest BCUT2D eigenvalue weighted by Crippen LogP contribution is 2.44. The SMILES string of the molecule is c1ccc(-c2c3ccccc3c(-c3ccc(-n4c5ccccc5c5cc6c(ccn6-c6ccccc6)cc54)cc3)c3ccccc23)cc1. The van der Waals surface area contributed by atoms with Gasteiger partial charge in [0.05, 0.1) is 16.6 Å². The predicted octanol–water partition coefficient (Wildman–Crippen LogP) is 12.4. The number of nitrogens with zero attached hydrogens (tertiary/aromatic N) is 2. The highest BCUT2D eigenvalue weighted by atomic mass is 15.0. The lowest BCUT2D eigenvalue weighted by Crippen LogP contribution is -1.95. The minimum Gasteiger partial charge on any atom is -0.317 e. The Morgan fingerprint density at radius 1 is 0.312 bits per heavy atom. The molecule has 2 heteroatoms. The van der Waals surface area contributed by atoms with Gasteiger partial charge in [-0.15, -0.1) is 0 Å². The maximum Gasteiger partial charge on any atom is 0.0548 e. The van der Waals surface area contributed by atoms with Crippen LogP contribution in [0.25, 0.3) is 87.9 Å². The maximum atomic E-state index is 2.42. The molecule has 2 nitrogen and oxygen atoms in total. The third-order valence-corrected chi connectivity index (χ3v) is 9.93. The molecule has 10 rings (SSSR count). The number of hydrogen-bond donors (Lipinski definition) is 0. The van der Waals surface area contributed by atoms with Gasteiger partial charge in [0.1, 0.15) is 0 Å². The molecular formula is C46H30N2. The van der Waals surface area contributed by atoms with Crippen LogP contribution in [-0.4, -0.2) is 9.13 Å². The molecule has 0 N–H and O–H groups in total. The molecule has 0 saturated carbocycles. The van der Waals surface area contributed by atoms with Crippen LogP contribution in [0, 0.1) is 0 Å². The van der Waals surface area contributed by atoms with E-state index < -0.39 is 0 Å². The van der Waals surface area contributed by atoms with E-state index in [0.717, 1.165) is 5.69 Å². The molecule has 0 fully saturated rings. The molecule has 2 aromatic heterocycles. The molecule has 0 amide bonds. The molecule has 48 heavy (non-hydrogen) atoms. The van der Waals surface area contributed by atoms with Crippen molar-refractivity contribution in [2.75, 3.05) is 0 Å². The number of rotatable bonds is 4. The largest absolute Gasteiger partial charge is 0.317 e. The molecule has 0 unspecified atom stereocenters. The Kier molecular flexibility index (Phi) is 5.91. The molecule has 0 saturated heterocycles. The molecule has 8 aromatic carbocycles. The zero-order valence-corrected chi connectivity index (χ0v) is 26.2. The third-order valence-electron chi connectivity index (χ3n) is 9.93. The number of hydrogen-bond acceptors (Lipinski definition) is 0. The Morgan fingerprint density at radius 3 is 1.46 bits per heavy atom. The lowest BCUT2D eigenvalue weighted by molar-refractivity contribution is 1.13. The number of fused-ring (bicyclic) bond motifs is 6. The second kappa shape index (κ2) is 10.6. The van der Waals surface area contributed by atoms with Crippen LogP contribution in [0.3, 0.4) is 0 Å². The first kappa shape index (κ1) is 26.8. The summed E-state index contributed by atoms with van der Waals surface area (Å²) >= 11 is 0. The Bertz CT molecular complexity index is 2750. The molecule has 10 aromatic rings. The van der Waals surface area contributed by atoms with Gasteiger partial charge in [0.25, 0.3) is 0 Å². The van der Waals surface area contributed by atoms with Gasteiger partial charge in [0.15, 0.2) is 0 Å². The zero-order valence-electron chi connectivity index (χ0n) is 26.2. The summed E-state index contributed by atoms with van der Waals surface area (Å²) in [6.45, 7) is 0. The van der Waals surface area contributed by atoms with Crippen molar-refractivity contribution in [2.45, 2.75) is 0 Å². The molecule has 0 radical (unpaired) electrons. The van der Waals surface area contributed by atoms with Gasteiger partial charge in [-0.2, -0.15) is 0 Å². The number of benzene rings is 8. The van der Waals surface area contributed by atoms with Crippen LogP contribution in [0.1, 0.15) is 0 Å². The van der Waals surface area contributed by atoms with Gasteiger partial charge in [0, 0.05) is 33.7 Å². The summed E-state index contributed by atoms with van der Waals surface area (Å²) in [6.07, 6.45) is 2.18. The van der Waals surface area contributed by atoms with Crippen molar-refractivity contribution in [1.82, 2.24) is 9.13 Å². The van der Waals surface area contributed by atoms with Crippen molar-refractivity contribution in [3.8, 4) is 33.6 Å². The predicted molar refractivity (Wildman–Crippen MR) is 203 cm³/mol. The fraction of sp³-hybridized carbons (Fsp3) is 0. The van der Waals surface area contributed by atoms with Crippen molar-refractivity contribution in [1.29, 1.82) is 0 Å². The number of aromatic nitrogens is 2. The summed E-state index contributed by atoms with van der Waals surface area (Å²) in [5.41, 5.74) is 11.0. The van der Waals surface area contributed by atoms with E-state index in [1.165, 1.54) is 82.2 Å². The van der Waals surface area contributed by atoms with Crippen molar-refractivity contribution < 1.29 is 0 Å². The quantitative estimate of drug-likeness (QED) is 0.175. The first-order valence-corrected chi connectivity index (χ1v) is 16.5. The van der Waals surface area contributed by atoms with Gasteiger partial charge in [-0.3, -0.25) is 0 Å². The molecular weight excluding hydrogens is 581 g/mol. The molecule has 224 valence electrons. The van der Waals surface area contributed by atoms with E-state index in [2.05, 4.69) is 191 Å². The summed E-state index contributed by atoms with van der Waals surface area (Å²) in [5, 5.41) is 8.82. The summed E-state index contributed by atoms with van der Waals surface area (Å²) in [7, 11) is 0. The minimum atomic E-state index is 1.15. The van der Waals surface area contributed by atoms with E-state index in [4.69, 9.17) is 0 Å². The van der Waals surface area contributed by atoms with Gasteiger partial charge in [-0.1, -0.05) is 127 Å². The second-order valence-corrected chi connectivity index (χ2v) is 12.6. The van der Waals surface area contributed by atoms with Gasteiger partial charge in [0.2, 0.25) is 0 Å². The van der Waals surface area contributed by atoms with Crippen LogP contribution in [0.5, 0.6) is 0 Å². The minimum absolute atomic E-state index is 1.15. The van der Waals surface area contributed by atoms with Crippen molar-refractivity contribution in [2.24, 2.45) is 0 Å². The molecule has 2 heterocycles. The highest BCUT2D eigenvalue weighted by Gasteiger charge is 2.18. The monoisotopic (exact) mass is 610 g/mol. The van der Waals surface area contributed by atoms with Crippen molar-refractivity contribution in [3.63, 3.8) is 0 Å². The lowest BCUT2D eigenvalue weighted by atomic mass is 9.86. The second-order valence-electron chi connectivity index (χ2n) is 12.6. The standard InChI is InChI=1S/C46H30N2/c1-3-13-31(14-4-1)45-37-18-7-9-20-39(37)46(40-21-10-8-19-38(40)45)32-23-25-35(26-24-32)48-42-22-12-11-17-36(42)41-30-43-33(29-44(41)48)27-28-47(43)34-15-5-2-6-16-34/h1-30H. The Labute approximate surface area is 278 Å². The fourth-order valence-corrected chi connectivity index (χ4v) is 7.82. The van der Waals surface area contributed by atoms with E-state index in [1.807, 2.05) is 0 Å². The first-order chi connectivity index (χ1) is 23.8. The smallest absolute Gasteiger partial charge is 0.0548 e. The molecule has 0 aliphatic heterocycles. The normalized spacial score (nSPS) is 11.8. The summed E-state index contributed by atoms with van der Waals surface area (Å²) < 4.78 is 4.70. The molecule has 0 spiro atoms. The average molecular weight is 611 g/mol. The van der Waals surface area contributed by atoms with Gasteiger partial charge in [-0.05, 0) is 92.3 Å². The Balaban J connectivity index is 1.18. The highest BCUT2D eigenvalue weighted by molar-refractivity contribution is 6.21.